The van der Waals surface area contributed by atoms with Gasteiger partial charge in [-0.2, -0.15) is 0 Å². The normalized spacial score (nSPS) is 17.7. The zero-order valence-electron chi connectivity index (χ0n) is 12.9. The van der Waals surface area contributed by atoms with Crippen molar-refractivity contribution in [3.05, 3.63) is 30.3 Å². The second-order valence-electron chi connectivity index (χ2n) is 6.40. The quantitative estimate of drug-likeness (QED) is 0.660. The summed E-state index contributed by atoms with van der Waals surface area (Å²) < 4.78 is 0.344. The highest BCUT2D eigenvalue weighted by molar-refractivity contribution is 8.01. The topological polar surface area (TPSA) is 36.4 Å². The molecule has 20 heavy (non-hydrogen) atoms. The molecule has 0 radical (unpaired) electrons. The van der Waals surface area contributed by atoms with Gasteiger partial charge in [0.25, 0.3) is 0 Å². The second kappa shape index (κ2) is 6.08. The number of hydrogen-bond donors (Lipinski definition) is 2. The average molecular weight is 291 g/mol. The molecule has 4 heteroatoms. The summed E-state index contributed by atoms with van der Waals surface area (Å²) in [6, 6.07) is 10.6. The zero-order valence-corrected chi connectivity index (χ0v) is 13.7. The Morgan fingerprint density at radius 1 is 1.25 bits per heavy atom. The third kappa shape index (κ3) is 4.75. The van der Waals surface area contributed by atoms with E-state index in [-0.39, 0.29) is 5.54 Å². The predicted molar refractivity (Wildman–Crippen MR) is 88.5 cm³/mol. The number of nitrogens with zero attached hydrogens (tertiary/aromatic N) is 1. The van der Waals surface area contributed by atoms with Gasteiger partial charge in [-0.15, -0.1) is 11.8 Å². The van der Waals surface area contributed by atoms with Crippen molar-refractivity contribution in [3.8, 4) is 0 Å². The summed E-state index contributed by atoms with van der Waals surface area (Å²) in [6.07, 6.45) is 2.54. The number of thioether (sulfide) groups is 1. The van der Waals surface area contributed by atoms with Crippen LogP contribution in [-0.4, -0.2) is 29.8 Å². The first-order valence-corrected chi connectivity index (χ1v) is 7.97. The first-order valence-electron chi connectivity index (χ1n) is 7.15. The van der Waals surface area contributed by atoms with Gasteiger partial charge >= 0.3 is 0 Å². The molecule has 110 valence electrons. The van der Waals surface area contributed by atoms with E-state index in [1.54, 1.807) is 0 Å². The molecular weight excluding hydrogens is 266 g/mol. The Morgan fingerprint density at radius 2 is 1.90 bits per heavy atom. The number of guanidine groups is 1. The van der Waals surface area contributed by atoms with Crippen LogP contribution in [0.5, 0.6) is 0 Å². The Hall–Kier alpha value is -1.16. The van der Waals surface area contributed by atoms with Crippen molar-refractivity contribution in [2.45, 2.75) is 48.8 Å². The van der Waals surface area contributed by atoms with Crippen LogP contribution in [0.2, 0.25) is 0 Å². The Labute approximate surface area is 126 Å². The van der Waals surface area contributed by atoms with Crippen LogP contribution in [0.1, 0.15) is 33.6 Å². The summed E-state index contributed by atoms with van der Waals surface area (Å²) in [6.45, 7) is 7.39. The summed E-state index contributed by atoms with van der Waals surface area (Å²) >= 11 is 1.98. The summed E-state index contributed by atoms with van der Waals surface area (Å²) in [5.74, 6) is 0.887. The van der Waals surface area contributed by atoms with Gasteiger partial charge in [0.05, 0.1) is 0 Å². The van der Waals surface area contributed by atoms with E-state index in [1.807, 2.05) is 18.8 Å². The molecule has 0 saturated heterocycles. The van der Waals surface area contributed by atoms with Gasteiger partial charge in [0, 0.05) is 28.8 Å². The van der Waals surface area contributed by atoms with E-state index >= 15 is 0 Å². The summed E-state index contributed by atoms with van der Waals surface area (Å²) in [7, 11) is 1.82. The van der Waals surface area contributed by atoms with Crippen molar-refractivity contribution >= 4 is 17.7 Å². The van der Waals surface area contributed by atoms with Crippen molar-refractivity contribution < 1.29 is 0 Å². The Morgan fingerprint density at radius 3 is 2.40 bits per heavy atom. The van der Waals surface area contributed by atoms with Gasteiger partial charge in [0.15, 0.2) is 5.96 Å². The van der Waals surface area contributed by atoms with Gasteiger partial charge in [-0.25, -0.2) is 0 Å². The molecule has 0 aromatic heterocycles. The molecule has 1 aliphatic rings. The fourth-order valence-corrected chi connectivity index (χ4v) is 3.22. The van der Waals surface area contributed by atoms with Gasteiger partial charge in [-0.05, 0) is 45.7 Å². The minimum Gasteiger partial charge on any atom is -0.355 e. The minimum atomic E-state index is 0.0329. The Kier molecular flexibility index (Phi) is 4.63. The van der Waals surface area contributed by atoms with Crippen LogP contribution in [0, 0.1) is 0 Å². The SMILES string of the molecule is CN=C(NCC1(Sc2ccccc2)CC1)NC(C)(C)C. The monoisotopic (exact) mass is 291 g/mol. The van der Waals surface area contributed by atoms with Crippen molar-refractivity contribution in [3.63, 3.8) is 0 Å². The zero-order chi connectivity index (χ0) is 14.6. The maximum absolute atomic E-state index is 4.30. The molecule has 3 nitrogen and oxygen atoms in total. The minimum absolute atomic E-state index is 0.0329. The van der Waals surface area contributed by atoms with Crippen molar-refractivity contribution in [1.29, 1.82) is 0 Å². The lowest BCUT2D eigenvalue weighted by Gasteiger charge is -2.25. The molecule has 0 unspecified atom stereocenters. The Balaban J connectivity index is 1.87. The van der Waals surface area contributed by atoms with Crippen LogP contribution < -0.4 is 10.6 Å². The molecule has 0 amide bonds. The van der Waals surface area contributed by atoms with E-state index < -0.39 is 0 Å². The van der Waals surface area contributed by atoms with Crippen LogP contribution in [-0.2, 0) is 0 Å². The third-order valence-electron chi connectivity index (χ3n) is 3.18. The molecule has 2 N–H and O–H groups in total. The van der Waals surface area contributed by atoms with Gasteiger partial charge in [0.2, 0.25) is 0 Å². The standard InChI is InChI=1S/C16H25N3S/c1-15(2,3)19-14(17-4)18-12-16(10-11-16)20-13-8-6-5-7-9-13/h5-9H,10-12H2,1-4H3,(H2,17,18,19). The number of benzene rings is 1. The highest BCUT2D eigenvalue weighted by Gasteiger charge is 2.43. The molecule has 1 aromatic carbocycles. The van der Waals surface area contributed by atoms with E-state index in [2.05, 4.69) is 66.7 Å². The van der Waals surface area contributed by atoms with Gasteiger partial charge in [-0.3, -0.25) is 4.99 Å². The highest BCUT2D eigenvalue weighted by atomic mass is 32.2. The first kappa shape index (κ1) is 15.2. The van der Waals surface area contributed by atoms with Crippen molar-refractivity contribution in [1.82, 2.24) is 10.6 Å². The lowest BCUT2D eigenvalue weighted by molar-refractivity contribution is 0.501. The summed E-state index contributed by atoms with van der Waals surface area (Å²) in [5, 5.41) is 6.87. The number of rotatable bonds is 4. The van der Waals surface area contributed by atoms with Gasteiger partial charge < -0.3 is 10.6 Å². The molecule has 0 spiro atoms. The lowest BCUT2D eigenvalue weighted by Crippen LogP contribution is -2.49. The molecule has 1 saturated carbocycles. The van der Waals surface area contributed by atoms with Crippen LogP contribution in [0.3, 0.4) is 0 Å². The molecule has 0 heterocycles. The molecule has 2 rings (SSSR count). The molecular formula is C16H25N3S. The average Bonchev–Trinajstić information content (AvgIpc) is 3.14. The second-order valence-corrected chi connectivity index (χ2v) is 7.94. The Bertz CT molecular complexity index is 458. The van der Waals surface area contributed by atoms with E-state index in [0.717, 1.165) is 12.5 Å². The highest BCUT2D eigenvalue weighted by Crippen LogP contribution is 2.51. The fourth-order valence-electron chi connectivity index (χ4n) is 1.97. The first-order chi connectivity index (χ1) is 9.42. The molecule has 1 aromatic rings. The van der Waals surface area contributed by atoms with Crippen LogP contribution in [0.25, 0.3) is 0 Å². The molecule has 0 atom stereocenters. The van der Waals surface area contributed by atoms with E-state index in [0.29, 0.717) is 4.75 Å². The molecule has 0 bridgehead atoms. The largest absolute Gasteiger partial charge is 0.355 e. The van der Waals surface area contributed by atoms with E-state index in [4.69, 9.17) is 0 Å². The van der Waals surface area contributed by atoms with Crippen LogP contribution in [0.15, 0.2) is 40.2 Å². The lowest BCUT2D eigenvalue weighted by atomic mass is 10.1. The van der Waals surface area contributed by atoms with Crippen LogP contribution >= 0.6 is 11.8 Å². The maximum atomic E-state index is 4.30. The van der Waals surface area contributed by atoms with Gasteiger partial charge in [-0.1, -0.05) is 18.2 Å². The third-order valence-corrected chi connectivity index (χ3v) is 4.67. The fraction of sp³-hybridized carbons (Fsp3) is 0.562. The van der Waals surface area contributed by atoms with E-state index in [1.165, 1.54) is 17.7 Å². The summed E-state index contributed by atoms with van der Waals surface area (Å²) in [4.78, 5) is 5.65. The predicted octanol–water partition coefficient (Wildman–Crippen LogP) is 3.27. The van der Waals surface area contributed by atoms with Crippen LogP contribution in [0.4, 0.5) is 0 Å². The van der Waals surface area contributed by atoms with Crippen molar-refractivity contribution in [2.24, 2.45) is 4.99 Å². The number of nitrogens with one attached hydrogen (secondary N) is 2. The number of hydrogen-bond acceptors (Lipinski definition) is 2. The van der Waals surface area contributed by atoms with E-state index in [9.17, 15) is 0 Å². The molecule has 1 aliphatic carbocycles. The number of aliphatic imine (C=N–C) groups is 1. The molecule has 1 fully saturated rings. The summed E-state index contributed by atoms with van der Waals surface area (Å²) in [5.41, 5.74) is 0.0329. The smallest absolute Gasteiger partial charge is 0.191 e. The van der Waals surface area contributed by atoms with Gasteiger partial charge in [0.1, 0.15) is 0 Å². The van der Waals surface area contributed by atoms with Crippen molar-refractivity contribution in [2.75, 3.05) is 13.6 Å². The molecule has 0 aliphatic heterocycles. The maximum Gasteiger partial charge on any atom is 0.191 e.